The molecule has 0 fully saturated rings. The minimum atomic E-state index is -0.797. The van der Waals surface area contributed by atoms with Gasteiger partial charge in [0.1, 0.15) is 13.2 Å². The Morgan fingerprint density at radius 3 is 0.955 bits per heavy atom. The van der Waals surface area contributed by atoms with Gasteiger partial charge in [-0.2, -0.15) is 0 Å². The van der Waals surface area contributed by atoms with E-state index in [0.29, 0.717) is 19.3 Å². The normalized spacial score (nSPS) is 12.8. The fraction of sp³-hybridized carbons (Fsp3) is 0.689. The third kappa shape index (κ3) is 53.2. The molecule has 1 atom stereocenters. The molecule has 0 heterocycles. The Labute approximate surface area is 413 Å². The van der Waals surface area contributed by atoms with Gasteiger partial charge in [-0.1, -0.05) is 240 Å². The van der Waals surface area contributed by atoms with Crippen LogP contribution in [0.15, 0.2) is 97.2 Å². The smallest absolute Gasteiger partial charge is 0.306 e. The molecule has 0 bridgehead atoms. The summed E-state index contributed by atoms with van der Waals surface area (Å²) in [6.45, 7) is 6.47. The lowest BCUT2D eigenvalue weighted by Gasteiger charge is -2.18. The zero-order valence-electron chi connectivity index (χ0n) is 43.6. The minimum Gasteiger partial charge on any atom is -0.462 e. The number of rotatable bonds is 49. The summed E-state index contributed by atoms with van der Waals surface area (Å²) in [7, 11) is 0. The summed E-state index contributed by atoms with van der Waals surface area (Å²) in [5, 5.41) is 0. The number of allylic oxidation sites excluding steroid dienone is 16. The molecule has 0 rings (SSSR count). The van der Waals surface area contributed by atoms with Crippen LogP contribution in [0, 0.1) is 0 Å². The van der Waals surface area contributed by atoms with Crippen LogP contribution in [-0.4, -0.2) is 37.2 Å². The van der Waals surface area contributed by atoms with Gasteiger partial charge in [0.15, 0.2) is 6.10 Å². The van der Waals surface area contributed by atoms with Crippen LogP contribution in [0.2, 0.25) is 0 Å². The van der Waals surface area contributed by atoms with Gasteiger partial charge in [0.25, 0.3) is 0 Å². The zero-order valence-corrected chi connectivity index (χ0v) is 43.6. The van der Waals surface area contributed by atoms with E-state index in [1.165, 1.54) is 116 Å². The molecular formula is C61H102O6. The average molecular weight is 931 g/mol. The van der Waals surface area contributed by atoms with Crippen LogP contribution in [0.1, 0.15) is 252 Å². The van der Waals surface area contributed by atoms with Crippen molar-refractivity contribution in [3.8, 4) is 0 Å². The van der Waals surface area contributed by atoms with E-state index in [-0.39, 0.29) is 31.1 Å². The van der Waals surface area contributed by atoms with E-state index < -0.39 is 6.10 Å². The highest BCUT2D eigenvalue weighted by Gasteiger charge is 2.19. The Hall–Kier alpha value is -3.67. The molecule has 0 aromatic rings. The summed E-state index contributed by atoms with van der Waals surface area (Å²) in [6.07, 6.45) is 72.4. The molecule has 0 N–H and O–H groups in total. The van der Waals surface area contributed by atoms with Crippen molar-refractivity contribution in [2.45, 2.75) is 258 Å². The molecular weight excluding hydrogens is 829 g/mol. The van der Waals surface area contributed by atoms with E-state index in [1.54, 1.807) is 0 Å². The van der Waals surface area contributed by atoms with Crippen molar-refractivity contribution in [1.82, 2.24) is 0 Å². The van der Waals surface area contributed by atoms with Gasteiger partial charge in [0.05, 0.1) is 0 Å². The van der Waals surface area contributed by atoms with Crippen molar-refractivity contribution >= 4 is 17.9 Å². The summed E-state index contributed by atoms with van der Waals surface area (Å²) >= 11 is 0. The molecule has 6 nitrogen and oxygen atoms in total. The summed E-state index contributed by atoms with van der Waals surface area (Å²) in [4.78, 5) is 38.1. The molecule has 382 valence electrons. The number of unbranched alkanes of at least 4 members (excludes halogenated alkanes) is 27. The third-order valence-corrected chi connectivity index (χ3v) is 11.7. The van der Waals surface area contributed by atoms with E-state index in [0.717, 1.165) is 96.3 Å². The predicted molar refractivity (Wildman–Crippen MR) is 288 cm³/mol. The van der Waals surface area contributed by atoms with Gasteiger partial charge in [-0.3, -0.25) is 14.4 Å². The van der Waals surface area contributed by atoms with E-state index in [1.807, 2.05) is 24.3 Å². The highest BCUT2D eigenvalue weighted by atomic mass is 16.6. The fourth-order valence-electron chi connectivity index (χ4n) is 7.46. The first-order valence-corrected chi connectivity index (χ1v) is 27.8. The first-order chi connectivity index (χ1) is 33.0. The molecule has 0 aliphatic carbocycles. The number of carbonyl (C=O) groups excluding carboxylic acids is 3. The van der Waals surface area contributed by atoms with Crippen LogP contribution in [0.3, 0.4) is 0 Å². The van der Waals surface area contributed by atoms with Crippen molar-refractivity contribution in [3.05, 3.63) is 97.2 Å². The summed E-state index contributed by atoms with van der Waals surface area (Å²) < 4.78 is 16.8. The van der Waals surface area contributed by atoms with Crippen LogP contribution in [0.4, 0.5) is 0 Å². The number of esters is 3. The van der Waals surface area contributed by atoms with Crippen molar-refractivity contribution in [2.75, 3.05) is 13.2 Å². The van der Waals surface area contributed by atoms with Crippen LogP contribution >= 0.6 is 0 Å². The van der Waals surface area contributed by atoms with Crippen molar-refractivity contribution in [2.24, 2.45) is 0 Å². The minimum absolute atomic E-state index is 0.0931. The number of ether oxygens (including phenoxy) is 3. The molecule has 6 heteroatoms. The van der Waals surface area contributed by atoms with Crippen LogP contribution in [-0.2, 0) is 28.6 Å². The topological polar surface area (TPSA) is 78.9 Å². The Morgan fingerprint density at radius 2 is 0.582 bits per heavy atom. The van der Waals surface area contributed by atoms with E-state index in [9.17, 15) is 14.4 Å². The quantitative estimate of drug-likeness (QED) is 0.0199. The largest absolute Gasteiger partial charge is 0.462 e. The van der Waals surface area contributed by atoms with Crippen molar-refractivity contribution in [3.63, 3.8) is 0 Å². The molecule has 67 heavy (non-hydrogen) atoms. The summed E-state index contributed by atoms with van der Waals surface area (Å²) in [6, 6.07) is 0. The lowest BCUT2D eigenvalue weighted by atomic mass is 10.1. The molecule has 0 saturated heterocycles. The predicted octanol–water partition coefficient (Wildman–Crippen LogP) is 18.5. The lowest BCUT2D eigenvalue weighted by Crippen LogP contribution is -2.30. The standard InChI is InChI=1S/C61H102O6/c1-4-7-10-13-16-19-22-25-27-29-31-33-34-36-39-42-45-48-51-54-60(63)66-57-58(56-65-59(62)53-50-47-44-41-38-24-21-18-15-12-9-6-3)67-61(64)55-52-49-46-43-40-37-35-32-30-28-26-23-20-17-14-11-8-5-2/h11,14,16-23,25-26,28,30,32,35,58H,4-10,12-13,15,24,27,29,31,33-34,36-57H2,1-3H3/b14-11-,19-16-,20-17-,21-18-,25-22-,26-23-,30-28-,35-32-. The molecule has 0 radical (unpaired) electrons. The van der Waals surface area contributed by atoms with Gasteiger partial charge < -0.3 is 14.2 Å². The third-order valence-electron chi connectivity index (χ3n) is 11.7. The highest BCUT2D eigenvalue weighted by molar-refractivity contribution is 5.71. The first-order valence-electron chi connectivity index (χ1n) is 27.8. The summed E-state index contributed by atoms with van der Waals surface area (Å²) in [5.41, 5.74) is 0. The molecule has 1 unspecified atom stereocenters. The average Bonchev–Trinajstić information content (AvgIpc) is 3.33. The van der Waals surface area contributed by atoms with Gasteiger partial charge >= 0.3 is 17.9 Å². The second kappa shape index (κ2) is 54.9. The Bertz CT molecular complexity index is 1350. The van der Waals surface area contributed by atoms with Crippen molar-refractivity contribution in [1.29, 1.82) is 0 Å². The van der Waals surface area contributed by atoms with Gasteiger partial charge in [0, 0.05) is 19.3 Å². The number of carbonyl (C=O) groups is 3. The second-order valence-corrected chi connectivity index (χ2v) is 18.3. The maximum Gasteiger partial charge on any atom is 0.306 e. The monoisotopic (exact) mass is 931 g/mol. The maximum absolute atomic E-state index is 12.8. The molecule has 0 aromatic heterocycles. The summed E-state index contributed by atoms with van der Waals surface area (Å²) in [5.74, 6) is -0.930. The molecule has 0 amide bonds. The molecule has 0 aliphatic heterocycles. The SMILES string of the molecule is CCC\C=C/C=C\C=C/C=C\C=C/CCCCCCCC(=O)OC(COC(=O)CCCCCCC/C=C\CCCCC)COC(=O)CCCCCCCCCCCC/C=C\C=C/CCCCC. The molecule has 0 saturated carbocycles. The lowest BCUT2D eigenvalue weighted by molar-refractivity contribution is -0.167. The molecule has 0 spiro atoms. The zero-order chi connectivity index (χ0) is 48.6. The Kier molecular flexibility index (Phi) is 51.9. The Morgan fingerprint density at radius 1 is 0.299 bits per heavy atom. The number of hydrogen-bond acceptors (Lipinski definition) is 6. The molecule has 0 aromatic carbocycles. The maximum atomic E-state index is 12.8. The number of hydrogen-bond donors (Lipinski definition) is 0. The van der Waals surface area contributed by atoms with Gasteiger partial charge in [-0.15, -0.1) is 0 Å². The van der Waals surface area contributed by atoms with E-state index in [4.69, 9.17) is 14.2 Å². The van der Waals surface area contributed by atoms with Crippen LogP contribution < -0.4 is 0 Å². The fourth-order valence-corrected chi connectivity index (χ4v) is 7.46. The van der Waals surface area contributed by atoms with Gasteiger partial charge in [-0.05, 0) is 89.9 Å². The molecule has 0 aliphatic rings. The highest BCUT2D eigenvalue weighted by Crippen LogP contribution is 2.15. The van der Waals surface area contributed by atoms with E-state index >= 15 is 0 Å². The van der Waals surface area contributed by atoms with Crippen molar-refractivity contribution < 1.29 is 28.6 Å². The van der Waals surface area contributed by atoms with Crippen LogP contribution in [0.25, 0.3) is 0 Å². The van der Waals surface area contributed by atoms with Gasteiger partial charge in [-0.25, -0.2) is 0 Å². The van der Waals surface area contributed by atoms with Gasteiger partial charge in [0.2, 0.25) is 0 Å². The van der Waals surface area contributed by atoms with Crippen LogP contribution in [0.5, 0.6) is 0 Å². The second-order valence-electron chi connectivity index (χ2n) is 18.3. The Balaban J connectivity index is 4.43. The van der Waals surface area contributed by atoms with E-state index in [2.05, 4.69) is 93.7 Å². The first kappa shape index (κ1) is 63.3.